The highest BCUT2D eigenvalue weighted by molar-refractivity contribution is 7.89. The van der Waals surface area contributed by atoms with Gasteiger partial charge in [-0.2, -0.15) is 4.31 Å². The minimum atomic E-state index is -3.48. The lowest BCUT2D eigenvalue weighted by Gasteiger charge is -2.59. The third-order valence-electron chi connectivity index (χ3n) is 6.64. The van der Waals surface area contributed by atoms with Crippen molar-refractivity contribution in [1.29, 1.82) is 0 Å². The van der Waals surface area contributed by atoms with Crippen LogP contribution < -0.4 is 0 Å². The van der Waals surface area contributed by atoms with Crippen LogP contribution >= 0.6 is 0 Å². The van der Waals surface area contributed by atoms with Gasteiger partial charge in [-0.05, 0) is 44.2 Å². The summed E-state index contributed by atoms with van der Waals surface area (Å²) in [6, 6.07) is 7.02. The first-order valence-corrected chi connectivity index (χ1v) is 10.3. The third-order valence-corrected chi connectivity index (χ3v) is 8.47. The molecule has 0 amide bonds. The van der Waals surface area contributed by atoms with Gasteiger partial charge in [-0.1, -0.05) is 43.2 Å². The Morgan fingerprint density at radius 3 is 2.40 bits per heavy atom. The van der Waals surface area contributed by atoms with Gasteiger partial charge in [0, 0.05) is 23.9 Å². The molecule has 0 spiro atoms. The first-order valence-electron chi connectivity index (χ1n) is 8.90. The lowest BCUT2D eigenvalue weighted by Crippen LogP contribution is -2.62. The fourth-order valence-corrected chi connectivity index (χ4v) is 6.72. The number of nitrogens with zero attached hydrogens (tertiary/aromatic N) is 1. The summed E-state index contributed by atoms with van der Waals surface area (Å²) in [4.78, 5) is 12.9. The third kappa shape index (κ3) is 2.21. The quantitative estimate of drug-likeness (QED) is 0.762. The van der Waals surface area contributed by atoms with Crippen molar-refractivity contribution in [2.75, 3.05) is 13.1 Å². The molecule has 1 aromatic carbocycles. The van der Waals surface area contributed by atoms with Crippen molar-refractivity contribution in [1.82, 2.24) is 4.31 Å². The highest BCUT2D eigenvalue weighted by Crippen LogP contribution is 2.62. The van der Waals surface area contributed by atoms with Crippen molar-refractivity contribution in [3.8, 4) is 0 Å². The van der Waals surface area contributed by atoms with E-state index in [0.29, 0.717) is 23.9 Å². The van der Waals surface area contributed by atoms with E-state index in [-0.39, 0.29) is 17.1 Å². The molecule has 134 valence electrons. The highest BCUT2D eigenvalue weighted by Gasteiger charge is 2.65. The van der Waals surface area contributed by atoms with Gasteiger partial charge in [0.2, 0.25) is 10.0 Å². The predicted molar refractivity (Wildman–Crippen MR) is 96.5 cm³/mol. The number of benzene rings is 1. The SMILES string of the molecule is Cc1ccc(S(=O)(=O)N2CC3=C[C@@]4(C)C(=O)C(C)(C)[C@H]4C[C@@H]3C2)cc1. The smallest absolute Gasteiger partial charge is 0.243 e. The minimum absolute atomic E-state index is 0.241. The molecular weight excluding hydrogens is 334 g/mol. The average molecular weight is 359 g/mol. The number of rotatable bonds is 2. The molecule has 1 aliphatic heterocycles. The van der Waals surface area contributed by atoms with Gasteiger partial charge in [-0.25, -0.2) is 8.42 Å². The molecule has 0 aromatic heterocycles. The highest BCUT2D eigenvalue weighted by atomic mass is 32.2. The molecule has 1 heterocycles. The predicted octanol–water partition coefficient (Wildman–Crippen LogP) is 3.18. The summed E-state index contributed by atoms with van der Waals surface area (Å²) in [6.45, 7) is 8.95. The van der Waals surface area contributed by atoms with Crippen molar-refractivity contribution in [3.05, 3.63) is 41.5 Å². The van der Waals surface area contributed by atoms with Crippen molar-refractivity contribution in [2.45, 2.75) is 39.0 Å². The number of Topliss-reactive ketones (excluding diaryl/α,β-unsaturated/α-hetero) is 1. The second-order valence-corrected chi connectivity index (χ2v) is 10.6. The van der Waals surface area contributed by atoms with Crippen molar-refractivity contribution in [3.63, 3.8) is 0 Å². The van der Waals surface area contributed by atoms with Gasteiger partial charge in [-0.15, -0.1) is 0 Å². The zero-order valence-corrected chi connectivity index (χ0v) is 16.1. The van der Waals surface area contributed by atoms with E-state index < -0.39 is 15.4 Å². The maximum absolute atomic E-state index is 13.0. The van der Waals surface area contributed by atoms with E-state index in [1.807, 2.05) is 39.8 Å². The molecule has 0 unspecified atom stereocenters. The summed E-state index contributed by atoms with van der Waals surface area (Å²) in [5.41, 5.74) is 1.47. The van der Waals surface area contributed by atoms with Gasteiger partial charge >= 0.3 is 0 Å². The molecule has 25 heavy (non-hydrogen) atoms. The normalized spacial score (nSPS) is 34.1. The van der Waals surface area contributed by atoms with E-state index in [2.05, 4.69) is 6.08 Å². The summed E-state index contributed by atoms with van der Waals surface area (Å²) in [7, 11) is -3.48. The number of fused-ring (bicyclic) bond motifs is 2. The number of carbonyl (C=O) groups excluding carboxylic acids is 1. The van der Waals surface area contributed by atoms with E-state index in [0.717, 1.165) is 17.6 Å². The van der Waals surface area contributed by atoms with Gasteiger partial charge in [0.1, 0.15) is 5.78 Å². The Labute approximate surface area is 150 Å². The molecule has 0 bridgehead atoms. The number of allylic oxidation sites excluding steroid dienone is 1. The topological polar surface area (TPSA) is 54.5 Å². The Morgan fingerprint density at radius 2 is 1.76 bits per heavy atom. The van der Waals surface area contributed by atoms with Crippen LogP contribution in [0.4, 0.5) is 0 Å². The van der Waals surface area contributed by atoms with E-state index in [9.17, 15) is 13.2 Å². The van der Waals surface area contributed by atoms with Crippen molar-refractivity contribution >= 4 is 15.8 Å². The second kappa shape index (κ2) is 5.04. The van der Waals surface area contributed by atoms with Crippen LogP contribution in [-0.4, -0.2) is 31.6 Å². The van der Waals surface area contributed by atoms with Gasteiger partial charge in [-0.3, -0.25) is 4.79 Å². The number of carbonyl (C=O) groups is 1. The van der Waals surface area contributed by atoms with Crippen LogP contribution in [0.5, 0.6) is 0 Å². The standard InChI is InChI=1S/C20H25NO3S/c1-13-5-7-16(8-6-13)25(23,24)21-11-14-9-17-19(2,3)18(22)20(17,4)10-15(14)12-21/h5-8,10,14,17H,9,11-12H2,1-4H3/t14-,17-,20-/m1/s1. The van der Waals surface area contributed by atoms with E-state index in [1.54, 1.807) is 16.4 Å². The zero-order valence-electron chi connectivity index (χ0n) is 15.2. The number of aryl methyl sites for hydroxylation is 1. The summed E-state index contributed by atoms with van der Waals surface area (Å²) < 4.78 is 27.5. The van der Waals surface area contributed by atoms with E-state index >= 15 is 0 Å². The average Bonchev–Trinajstić information content (AvgIpc) is 2.97. The van der Waals surface area contributed by atoms with E-state index in [1.165, 1.54) is 0 Å². The first-order chi connectivity index (χ1) is 11.6. The monoisotopic (exact) mass is 359 g/mol. The summed E-state index contributed by atoms with van der Waals surface area (Å²) in [5, 5.41) is 0. The van der Waals surface area contributed by atoms with Crippen LogP contribution in [0.2, 0.25) is 0 Å². The van der Waals surface area contributed by atoms with E-state index in [4.69, 9.17) is 0 Å². The molecule has 4 rings (SSSR count). The zero-order chi connectivity index (χ0) is 18.2. The minimum Gasteiger partial charge on any atom is -0.298 e. The summed E-state index contributed by atoms with van der Waals surface area (Å²) in [6.07, 6.45) is 2.99. The van der Waals surface area contributed by atoms with Gasteiger partial charge in [0.15, 0.2) is 0 Å². The van der Waals surface area contributed by atoms with Crippen LogP contribution in [0.25, 0.3) is 0 Å². The second-order valence-electron chi connectivity index (χ2n) is 8.65. The molecule has 5 heteroatoms. The lowest BCUT2D eigenvalue weighted by atomic mass is 9.42. The first kappa shape index (κ1) is 17.0. The van der Waals surface area contributed by atoms with Crippen LogP contribution in [0.1, 0.15) is 32.8 Å². The Morgan fingerprint density at radius 1 is 1.12 bits per heavy atom. The Balaban J connectivity index is 1.63. The molecule has 3 atom stereocenters. The number of hydrogen-bond donors (Lipinski definition) is 0. The maximum atomic E-state index is 13.0. The van der Waals surface area contributed by atoms with Crippen molar-refractivity contribution < 1.29 is 13.2 Å². The number of sulfonamides is 1. The molecule has 3 aliphatic rings. The fourth-order valence-electron chi connectivity index (χ4n) is 5.25. The van der Waals surface area contributed by atoms with Gasteiger partial charge in [0.25, 0.3) is 0 Å². The molecule has 2 fully saturated rings. The molecule has 1 saturated carbocycles. The Bertz CT molecular complexity index is 882. The lowest BCUT2D eigenvalue weighted by molar-refractivity contribution is -0.164. The largest absolute Gasteiger partial charge is 0.298 e. The van der Waals surface area contributed by atoms with Gasteiger partial charge in [0.05, 0.1) is 4.90 Å². The van der Waals surface area contributed by atoms with Crippen molar-refractivity contribution in [2.24, 2.45) is 22.7 Å². The molecule has 0 N–H and O–H groups in total. The number of ketones is 1. The van der Waals surface area contributed by atoms with Crippen LogP contribution in [0.15, 0.2) is 40.8 Å². The molecule has 1 saturated heterocycles. The summed E-state index contributed by atoms with van der Waals surface area (Å²) in [5.74, 6) is 0.838. The number of hydrogen-bond acceptors (Lipinski definition) is 3. The maximum Gasteiger partial charge on any atom is 0.243 e. The van der Waals surface area contributed by atoms with Gasteiger partial charge < -0.3 is 0 Å². The van der Waals surface area contributed by atoms with Crippen LogP contribution in [0, 0.1) is 29.6 Å². The molecule has 4 nitrogen and oxygen atoms in total. The Hall–Kier alpha value is -1.46. The molecule has 1 aromatic rings. The molecule has 2 aliphatic carbocycles. The van der Waals surface area contributed by atoms with Crippen LogP contribution in [-0.2, 0) is 14.8 Å². The molecular formula is C20H25NO3S. The fraction of sp³-hybridized carbons (Fsp3) is 0.550. The molecule has 0 radical (unpaired) electrons. The van der Waals surface area contributed by atoms with Crippen LogP contribution in [0.3, 0.4) is 0 Å². The Kier molecular flexibility index (Phi) is 3.42. The summed E-state index contributed by atoms with van der Waals surface area (Å²) >= 11 is 0.